The summed E-state index contributed by atoms with van der Waals surface area (Å²) in [6.45, 7) is -0.219. The fraction of sp³-hybridized carbons (Fsp3) is 0.200. The van der Waals surface area contributed by atoms with Crippen LogP contribution in [0.25, 0.3) is 0 Å². The lowest BCUT2D eigenvalue weighted by Gasteiger charge is -2.10. The van der Waals surface area contributed by atoms with Crippen LogP contribution in [0.1, 0.15) is 11.1 Å². The molecule has 0 amide bonds. The molecule has 0 heterocycles. The minimum Gasteiger partial charge on any atom is -0.433 e. The summed E-state index contributed by atoms with van der Waals surface area (Å²) in [6, 6.07) is 12.8. The molecular formula is C15H14ClF2NO. The Morgan fingerprint density at radius 3 is 2.45 bits per heavy atom. The van der Waals surface area contributed by atoms with E-state index in [2.05, 4.69) is 10.1 Å². The van der Waals surface area contributed by atoms with Gasteiger partial charge in [-0.1, -0.05) is 41.4 Å². The lowest BCUT2D eigenvalue weighted by atomic mass is 10.1. The molecule has 0 atom stereocenters. The number of hydrogen-bond acceptors (Lipinski definition) is 2. The molecule has 106 valence electrons. The quantitative estimate of drug-likeness (QED) is 0.851. The van der Waals surface area contributed by atoms with Crippen molar-refractivity contribution in [1.82, 2.24) is 0 Å². The van der Waals surface area contributed by atoms with Crippen molar-refractivity contribution in [1.29, 1.82) is 0 Å². The van der Waals surface area contributed by atoms with Crippen LogP contribution in [0, 0.1) is 6.92 Å². The minimum atomic E-state index is -2.88. The predicted molar refractivity (Wildman–Crippen MR) is 76.6 cm³/mol. The van der Waals surface area contributed by atoms with Crippen LogP contribution < -0.4 is 10.1 Å². The van der Waals surface area contributed by atoms with Crippen molar-refractivity contribution in [3.63, 3.8) is 0 Å². The van der Waals surface area contributed by atoms with Gasteiger partial charge in [-0.3, -0.25) is 0 Å². The van der Waals surface area contributed by atoms with Crippen LogP contribution in [0.2, 0.25) is 5.02 Å². The molecule has 0 unspecified atom stereocenters. The zero-order valence-electron chi connectivity index (χ0n) is 10.9. The topological polar surface area (TPSA) is 21.3 Å². The van der Waals surface area contributed by atoms with E-state index in [9.17, 15) is 8.78 Å². The smallest absolute Gasteiger partial charge is 0.387 e. The van der Waals surface area contributed by atoms with Crippen molar-refractivity contribution in [3.8, 4) is 5.75 Å². The highest BCUT2D eigenvalue weighted by Gasteiger charge is 2.08. The molecule has 0 spiro atoms. The number of rotatable bonds is 5. The van der Waals surface area contributed by atoms with Crippen LogP contribution in [0.4, 0.5) is 14.5 Å². The Morgan fingerprint density at radius 2 is 1.85 bits per heavy atom. The number of alkyl halides is 2. The molecule has 0 aliphatic heterocycles. The van der Waals surface area contributed by atoms with Gasteiger partial charge in [-0.05, 0) is 30.7 Å². The van der Waals surface area contributed by atoms with Crippen molar-refractivity contribution in [3.05, 3.63) is 58.6 Å². The summed E-state index contributed by atoms with van der Waals surface area (Å²) in [5, 5.41) is 3.33. The predicted octanol–water partition coefficient (Wildman–Crippen LogP) is 4.86. The first kappa shape index (κ1) is 14.6. The monoisotopic (exact) mass is 297 g/mol. The number of ether oxygens (including phenoxy) is 1. The largest absolute Gasteiger partial charge is 0.433 e. The molecule has 0 saturated heterocycles. The van der Waals surface area contributed by atoms with Crippen LogP contribution in [0.5, 0.6) is 5.75 Å². The number of benzene rings is 2. The molecule has 20 heavy (non-hydrogen) atoms. The zero-order valence-corrected chi connectivity index (χ0v) is 11.6. The molecule has 2 aromatic carbocycles. The first-order valence-corrected chi connectivity index (χ1v) is 6.46. The zero-order chi connectivity index (χ0) is 14.5. The Morgan fingerprint density at radius 1 is 1.15 bits per heavy atom. The van der Waals surface area contributed by atoms with Crippen molar-refractivity contribution >= 4 is 17.3 Å². The number of halogens is 3. The SMILES string of the molecule is Cc1ccc(CNc2ccc(OC(F)F)c(Cl)c2)cc1. The highest BCUT2D eigenvalue weighted by Crippen LogP contribution is 2.29. The second kappa shape index (κ2) is 6.57. The molecule has 0 aliphatic carbocycles. The van der Waals surface area contributed by atoms with Gasteiger partial charge in [-0.2, -0.15) is 8.78 Å². The van der Waals surface area contributed by atoms with E-state index in [0.29, 0.717) is 6.54 Å². The third kappa shape index (κ3) is 4.10. The standard InChI is InChI=1S/C15H14ClF2NO/c1-10-2-4-11(5-3-10)9-19-12-6-7-14(13(16)8-12)20-15(17)18/h2-8,15,19H,9H2,1H3. The van der Waals surface area contributed by atoms with Crippen LogP contribution in [0.15, 0.2) is 42.5 Å². The second-order valence-corrected chi connectivity index (χ2v) is 4.77. The maximum atomic E-state index is 12.1. The van der Waals surface area contributed by atoms with Crippen molar-refractivity contribution < 1.29 is 13.5 Å². The average Bonchev–Trinajstić information content (AvgIpc) is 2.40. The molecule has 0 fully saturated rings. The molecule has 0 radical (unpaired) electrons. The van der Waals surface area contributed by atoms with E-state index >= 15 is 0 Å². The number of anilines is 1. The maximum Gasteiger partial charge on any atom is 0.387 e. The van der Waals surface area contributed by atoms with E-state index in [-0.39, 0.29) is 10.8 Å². The average molecular weight is 298 g/mol. The minimum absolute atomic E-state index is 0.0254. The Kier molecular flexibility index (Phi) is 4.79. The molecule has 2 nitrogen and oxygen atoms in total. The van der Waals surface area contributed by atoms with Gasteiger partial charge in [0.15, 0.2) is 0 Å². The van der Waals surface area contributed by atoms with Gasteiger partial charge < -0.3 is 10.1 Å². The summed E-state index contributed by atoms with van der Waals surface area (Å²) < 4.78 is 28.5. The lowest BCUT2D eigenvalue weighted by molar-refractivity contribution is -0.0497. The van der Waals surface area contributed by atoms with Crippen LogP contribution in [-0.2, 0) is 6.54 Å². The molecule has 2 aromatic rings. The fourth-order valence-electron chi connectivity index (χ4n) is 1.71. The van der Waals surface area contributed by atoms with Crippen LogP contribution in [0.3, 0.4) is 0 Å². The van der Waals surface area contributed by atoms with Crippen molar-refractivity contribution in [2.45, 2.75) is 20.1 Å². The van der Waals surface area contributed by atoms with Gasteiger partial charge in [0.2, 0.25) is 0 Å². The number of hydrogen-bond donors (Lipinski definition) is 1. The summed E-state index contributed by atoms with van der Waals surface area (Å²) >= 11 is 5.88. The molecule has 5 heteroatoms. The molecule has 0 saturated carbocycles. The first-order chi connectivity index (χ1) is 9.54. The van der Waals surface area contributed by atoms with Crippen LogP contribution in [-0.4, -0.2) is 6.61 Å². The van der Waals surface area contributed by atoms with Gasteiger partial charge in [0.05, 0.1) is 5.02 Å². The molecule has 1 N–H and O–H groups in total. The summed E-state index contributed by atoms with van der Waals surface area (Å²) in [4.78, 5) is 0. The summed E-state index contributed by atoms with van der Waals surface area (Å²) in [5.74, 6) is -0.0254. The Bertz CT molecular complexity index is 573. The van der Waals surface area contributed by atoms with Crippen LogP contribution >= 0.6 is 11.6 Å². The second-order valence-electron chi connectivity index (χ2n) is 4.36. The van der Waals surface area contributed by atoms with Gasteiger partial charge in [0, 0.05) is 12.2 Å². The summed E-state index contributed by atoms with van der Waals surface area (Å²) in [6.07, 6.45) is 0. The van der Waals surface area contributed by atoms with E-state index in [1.54, 1.807) is 12.1 Å². The van der Waals surface area contributed by atoms with E-state index < -0.39 is 6.61 Å². The number of nitrogens with one attached hydrogen (secondary N) is 1. The molecule has 0 bridgehead atoms. The van der Waals surface area contributed by atoms with Gasteiger partial charge in [-0.25, -0.2) is 0 Å². The normalized spacial score (nSPS) is 10.7. The Balaban J connectivity index is 1.99. The van der Waals surface area contributed by atoms with Gasteiger partial charge in [0.25, 0.3) is 0 Å². The third-order valence-electron chi connectivity index (χ3n) is 2.77. The van der Waals surface area contributed by atoms with Crippen molar-refractivity contribution in [2.75, 3.05) is 5.32 Å². The molecule has 0 aliphatic rings. The lowest BCUT2D eigenvalue weighted by Crippen LogP contribution is -2.03. The summed E-state index contributed by atoms with van der Waals surface area (Å²) in [5.41, 5.74) is 3.07. The first-order valence-electron chi connectivity index (χ1n) is 6.08. The maximum absolute atomic E-state index is 12.1. The highest BCUT2D eigenvalue weighted by atomic mass is 35.5. The van der Waals surface area contributed by atoms with Crippen molar-refractivity contribution in [2.24, 2.45) is 0 Å². The Hall–Kier alpha value is -1.81. The van der Waals surface area contributed by atoms with E-state index in [4.69, 9.17) is 11.6 Å². The third-order valence-corrected chi connectivity index (χ3v) is 3.06. The molecule has 2 rings (SSSR count). The highest BCUT2D eigenvalue weighted by molar-refractivity contribution is 6.32. The van der Waals surface area contributed by atoms with E-state index in [1.807, 2.05) is 31.2 Å². The van der Waals surface area contributed by atoms with Gasteiger partial charge >= 0.3 is 6.61 Å². The fourth-order valence-corrected chi connectivity index (χ4v) is 1.94. The molecular weight excluding hydrogens is 284 g/mol. The summed E-state index contributed by atoms with van der Waals surface area (Å²) in [7, 11) is 0. The Labute approximate surface area is 121 Å². The number of aryl methyl sites for hydroxylation is 1. The van der Waals surface area contributed by atoms with Gasteiger partial charge in [0.1, 0.15) is 5.75 Å². The van der Waals surface area contributed by atoms with E-state index in [1.165, 1.54) is 11.6 Å². The van der Waals surface area contributed by atoms with Gasteiger partial charge in [-0.15, -0.1) is 0 Å². The molecule has 0 aromatic heterocycles. The van der Waals surface area contributed by atoms with E-state index in [0.717, 1.165) is 11.3 Å².